The van der Waals surface area contributed by atoms with Crippen LogP contribution in [-0.2, 0) is 43.0 Å². The summed E-state index contributed by atoms with van der Waals surface area (Å²) in [6.07, 6.45) is 9.31. The second-order valence-corrected chi connectivity index (χ2v) is 21.2. The van der Waals surface area contributed by atoms with Crippen molar-refractivity contribution >= 4 is 56.6 Å². The molecule has 86 heavy (non-hydrogen) atoms. The van der Waals surface area contributed by atoms with E-state index in [0.717, 1.165) is 35.8 Å². The van der Waals surface area contributed by atoms with Crippen molar-refractivity contribution in [3.05, 3.63) is 72.2 Å². The molecule has 2 heterocycles. The minimum atomic E-state index is -2.93. The summed E-state index contributed by atoms with van der Waals surface area (Å²) in [6.45, 7) is 18.6. The molecule has 472 valence electrons. The molecule has 0 aliphatic heterocycles. The average Bonchev–Trinajstić information content (AvgIpc) is 4.27. The van der Waals surface area contributed by atoms with Gasteiger partial charge < -0.3 is 49.3 Å². The molecule has 0 saturated carbocycles. The van der Waals surface area contributed by atoms with E-state index in [2.05, 4.69) is 21.3 Å². The number of carbonyl (C=O) groups excluding carboxylic acids is 8. The van der Waals surface area contributed by atoms with Gasteiger partial charge >= 0.3 is 20.2 Å². The number of benzene rings is 2. The summed E-state index contributed by atoms with van der Waals surface area (Å²) in [6, 6.07) is 13.8. The van der Waals surface area contributed by atoms with Gasteiger partial charge in [0.05, 0.1) is 62.3 Å². The number of nitrogens with one attached hydrogen (secondary N) is 4. The largest absolute Gasteiger partial charge is 0.805 e. The zero-order chi connectivity index (χ0) is 63.1. The highest BCUT2D eigenvalue weighted by molar-refractivity contribution is 7.34. The van der Waals surface area contributed by atoms with Crippen LogP contribution < -0.4 is 39.8 Å². The van der Waals surface area contributed by atoms with Gasteiger partial charge in [0.25, 0.3) is 11.8 Å². The quantitative estimate of drug-likeness (QED) is 0.0105. The summed E-state index contributed by atoms with van der Waals surface area (Å²) in [5.41, 5.74) is 0.782. The monoisotopic (exact) mass is 1220 g/mol. The van der Waals surface area contributed by atoms with Crippen LogP contribution in [0.1, 0.15) is 180 Å². The number of ether oxygens (including phenoxy) is 2. The van der Waals surface area contributed by atoms with Gasteiger partial charge in [0, 0.05) is 27.8 Å². The molecule has 0 spiro atoms. The molecular weight excluding hydrogens is 1130 g/mol. The van der Waals surface area contributed by atoms with Crippen molar-refractivity contribution in [3.8, 4) is 45.6 Å². The third-order valence-corrected chi connectivity index (χ3v) is 15.3. The lowest BCUT2D eigenvalue weighted by molar-refractivity contribution is -0.208. The highest BCUT2D eigenvalue weighted by Gasteiger charge is 2.36. The molecule has 4 N–H and O–H groups in total. The van der Waals surface area contributed by atoms with Gasteiger partial charge in [-0.2, -0.15) is 10.1 Å². The molecule has 0 aliphatic rings. The van der Waals surface area contributed by atoms with Crippen molar-refractivity contribution < 1.29 is 80.0 Å². The van der Waals surface area contributed by atoms with Crippen molar-refractivity contribution in [1.29, 1.82) is 0 Å². The minimum Gasteiger partial charge on any atom is -0.494 e. The molecule has 24 heteroatoms. The first-order chi connectivity index (χ1) is 41.5. The number of unbranched alkanes of at least 4 members (excludes halogenated alkanes) is 4. The average molecular weight is 1220 g/mol. The molecule has 23 nitrogen and oxygen atoms in total. The molecule has 0 radical (unpaired) electrons. The van der Waals surface area contributed by atoms with E-state index in [9.17, 15) is 42.9 Å². The fourth-order valence-electron chi connectivity index (χ4n) is 9.76. The Hall–Kier alpha value is -7.94. The van der Waals surface area contributed by atoms with E-state index in [1.54, 1.807) is 52.0 Å². The maximum atomic E-state index is 13.7. The summed E-state index contributed by atoms with van der Waals surface area (Å²) >= 11 is 0. The van der Waals surface area contributed by atoms with Gasteiger partial charge in [-0.05, 0) is 114 Å². The summed E-state index contributed by atoms with van der Waals surface area (Å²) in [5, 5.41) is 12.6. The number of hydroxylamine groups is 4. The van der Waals surface area contributed by atoms with Crippen LogP contribution in [0.4, 0.5) is 0 Å². The molecule has 0 bridgehead atoms. The highest BCUT2D eigenvalue weighted by atomic mass is 31.1. The van der Waals surface area contributed by atoms with Gasteiger partial charge in [0.15, 0.2) is 23.0 Å². The zero-order valence-corrected chi connectivity index (χ0v) is 52.3. The molecule has 4 atom stereocenters. The molecule has 2 aromatic heterocycles. The van der Waals surface area contributed by atoms with Gasteiger partial charge in [0.1, 0.15) is 23.0 Å². The smallest absolute Gasteiger partial charge is 0.494 e. The number of hydrogen-bond acceptors (Lipinski definition) is 17. The van der Waals surface area contributed by atoms with E-state index in [4.69, 9.17) is 37.0 Å². The second-order valence-electron chi connectivity index (χ2n) is 20.4. The number of amides is 6. The Morgan fingerprint density at radius 1 is 0.500 bits per heavy atom. The summed E-state index contributed by atoms with van der Waals surface area (Å²) < 4.78 is 48.7. The van der Waals surface area contributed by atoms with E-state index < -0.39 is 79.6 Å². The fourth-order valence-corrected chi connectivity index (χ4v) is 10.4. The molecule has 0 saturated heterocycles. The number of nitrogens with zero attached hydrogens (tertiary/aromatic N) is 2. The van der Waals surface area contributed by atoms with Crippen LogP contribution in [0.25, 0.3) is 22.6 Å². The van der Waals surface area contributed by atoms with Crippen molar-refractivity contribution in [2.75, 3.05) is 26.6 Å². The molecule has 0 fully saturated rings. The molecule has 0 unspecified atom stereocenters. The third kappa shape index (κ3) is 21.2. The zero-order valence-electron chi connectivity index (χ0n) is 51.4. The first-order valence-corrected chi connectivity index (χ1v) is 31.2. The van der Waals surface area contributed by atoms with E-state index in [1.165, 1.54) is 36.4 Å². The Bertz CT molecular complexity index is 2640. The van der Waals surface area contributed by atoms with E-state index in [1.807, 2.05) is 41.5 Å². The SMILES string of the molecule is CCCCC[C@@H](C(=O)NCNC(=O)c1ccc(-c2cc(OCC)cc(O[P+](=O)Oc3cc(OCC)cc(-c4ccc(C(=O)NCNC(=O)[C@H](CCCCC)[C@@H](CC)N(C=O)OC(=O)C(CC)CC)o4)c3)c2)o1)[C@@H](CC)N(C=O)OC(=O)C(CC)CC. The number of hydrogen-bond donors (Lipinski definition) is 4. The van der Waals surface area contributed by atoms with Crippen LogP contribution in [0.15, 0.2) is 69.5 Å². The van der Waals surface area contributed by atoms with E-state index in [-0.39, 0.29) is 61.1 Å². The van der Waals surface area contributed by atoms with Gasteiger partial charge in [-0.1, -0.05) is 93.9 Å². The summed E-state index contributed by atoms with van der Waals surface area (Å²) in [5.74, 6) is -4.52. The first-order valence-electron chi connectivity index (χ1n) is 30.1. The van der Waals surface area contributed by atoms with Crippen LogP contribution in [0.5, 0.6) is 23.0 Å². The highest BCUT2D eigenvalue weighted by Crippen LogP contribution is 2.39. The summed E-state index contributed by atoms with van der Waals surface area (Å²) in [4.78, 5) is 115. The predicted molar refractivity (Wildman–Crippen MR) is 320 cm³/mol. The standard InChI is InChI=1S/C62H87N6O17P/c1-11-21-23-25-49(51(17-7)67(39-69)82-61(75)41(13-3)14-4)57(71)63-37-65-59(73)55-29-27-53(80-55)43-31-45(78-19-9)35-47(33-43)84-86(77)85-48-34-44(32-46(36-48)79-20-10)54-28-30-56(81-54)60(74)66-38-64-58(72)50(26-24-22-12-2)52(18-8)68(40-70)83-62(76)42(15-5)16-6/h27-36,39-42,49-52H,11-26,37-38H2,1-10H3,(H3-,63,64,65,66,71,72,73,74)/p+1/t49-,50-,51-,52-/m1/s1. The molecule has 6 amide bonds. The van der Waals surface area contributed by atoms with Crippen molar-refractivity contribution in [1.82, 2.24) is 31.4 Å². The van der Waals surface area contributed by atoms with Gasteiger partial charge in [0.2, 0.25) is 24.6 Å². The Labute approximate surface area is 505 Å². The van der Waals surface area contributed by atoms with Crippen LogP contribution in [0.3, 0.4) is 0 Å². The van der Waals surface area contributed by atoms with Gasteiger partial charge in [-0.15, -0.1) is 0 Å². The number of rotatable bonds is 42. The minimum absolute atomic E-state index is 0.0618. The van der Waals surface area contributed by atoms with E-state index >= 15 is 0 Å². The molecule has 4 rings (SSSR count). The van der Waals surface area contributed by atoms with Crippen LogP contribution in [0, 0.1) is 23.7 Å². The van der Waals surface area contributed by atoms with Crippen LogP contribution in [0.2, 0.25) is 0 Å². The Morgan fingerprint density at radius 2 is 0.872 bits per heavy atom. The molecule has 4 aromatic rings. The lowest BCUT2D eigenvalue weighted by Gasteiger charge is -2.32. The molecular formula is C62H88N6O17P+. The van der Waals surface area contributed by atoms with Crippen LogP contribution in [-0.4, -0.2) is 97.1 Å². The topological polar surface area (TPSA) is 290 Å². The molecule has 0 aliphatic carbocycles. The van der Waals surface area contributed by atoms with Crippen molar-refractivity contribution in [2.45, 2.75) is 171 Å². The molecule has 2 aromatic carbocycles. The third-order valence-electron chi connectivity index (χ3n) is 14.6. The van der Waals surface area contributed by atoms with Gasteiger partial charge in [-0.25, -0.2) is 18.6 Å². The van der Waals surface area contributed by atoms with Crippen molar-refractivity contribution in [2.24, 2.45) is 23.7 Å². The Balaban J connectivity index is 1.43. The lowest BCUT2D eigenvalue weighted by Crippen LogP contribution is -2.49. The number of carbonyl (C=O) groups is 8. The maximum absolute atomic E-state index is 13.7. The normalized spacial score (nSPS) is 12.4. The van der Waals surface area contributed by atoms with Gasteiger partial charge in [-0.3, -0.25) is 28.8 Å². The lowest BCUT2D eigenvalue weighted by atomic mass is 9.90. The fraction of sp³-hybridized carbons (Fsp3) is 0.548. The maximum Gasteiger partial charge on any atom is 0.805 e. The Kier molecular flexibility index (Phi) is 30.7. The van der Waals surface area contributed by atoms with E-state index in [0.29, 0.717) is 99.7 Å². The second kappa shape index (κ2) is 37.5. The number of furan rings is 2. The predicted octanol–water partition coefficient (Wildman–Crippen LogP) is 11.4. The first kappa shape index (κ1) is 70.5. The Morgan fingerprint density at radius 3 is 1.20 bits per heavy atom. The summed E-state index contributed by atoms with van der Waals surface area (Å²) in [7, 11) is -2.93. The van der Waals surface area contributed by atoms with Crippen LogP contribution >= 0.6 is 8.25 Å². The van der Waals surface area contributed by atoms with Crippen molar-refractivity contribution in [3.63, 3.8) is 0 Å².